The standard InChI is InChI=1S/C12H11Cl2NO3/c13-9-2-1-7(3-10(9)14)5-15-6-8(12(17)18)4-11(15)16/h1-3,8H,4-6H2,(H,17,18)/p-1/t8-/m0/s1. The van der Waals surface area contributed by atoms with Gasteiger partial charge in [-0.15, -0.1) is 0 Å². The fourth-order valence-electron chi connectivity index (χ4n) is 1.94. The van der Waals surface area contributed by atoms with Gasteiger partial charge in [-0.25, -0.2) is 0 Å². The lowest BCUT2D eigenvalue weighted by molar-refractivity contribution is -0.311. The van der Waals surface area contributed by atoms with Gasteiger partial charge in [0.2, 0.25) is 5.91 Å². The van der Waals surface area contributed by atoms with Crippen LogP contribution in [0, 0.1) is 5.92 Å². The van der Waals surface area contributed by atoms with E-state index >= 15 is 0 Å². The molecule has 4 nitrogen and oxygen atoms in total. The molecule has 0 spiro atoms. The molecule has 0 unspecified atom stereocenters. The number of halogens is 2. The van der Waals surface area contributed by atoms with Crippen molar-refractivity contribution in [1.82, 2.24) is 4.90 Å². The minimum Gasteiger partial charge on any atom is -0.550 e. The van der Waals surface area contributed by atoms with Gasteiger partial charge in [-0.2, -0.15) is 0 Å². The van der Waals surface area contributed by atoms with Crippen molar-refractivity contribution in [3.8, 4) is 0 Å². The molecule has 2 rings (SSSR count). The lowest BCUT2D eigenvalue weighted by Gasteiger charge is -2.17. The molecule has 18 heavy (non-hydrogen) atoms. The van der Waals surface area contributed by atoms with Crippen molar-refractivity contribution in [2.24, 2.45) is 5.92 Å². The minimum absolute atomic E-state index is 0.00363. The van der Waals surface area contributed by atoms with Crippen LogP contribution in [0.3, 0.4) is 0 Å². The van der Waals surface area contributed by atoms with E-state index < -0.39 is 11.9 Å². The van der Waals surface area contributed by atoms with E-state index in [1.165, 1.54) is 4.90 Å². The van der Waals surface area contributed by atoms with Crippen LogP contribution < -0.4 is 5.11 Å². The van der Waals surface area contributed by atoms with Gasteiger partial charge in [-0.1, -0.05) is 29.3 Å². The Labute approximate surface area is 114 Å². The molecule has 0 radical (unpaired) electrons. The lowest BCUT2D eigenvalue weighted by Crippen LogP contribution is -2.33. The third kappa shape index (κ3) is 2.76. The van der Waals surface area contributed by atoms with Crippen LogP contribution in [0.25, 0.3) is 0 Å². The Balaban J connectivity index is 2.08. The van der Waals surface area contributed by atoms with Crippen molar-refractivity contribution in [2.45, 2.75) is 13.0 Å². The molecule has 0 aromatic heterocycles. The molecule has 1 saturated heterocycles. The topological polar surface area (TPSA) is 60.4 Å². The van der Waals surface area contributed by atoms with E-state index in [0.29, 0.717) is 16.6 Å². The highest BCUT2D eigenvalue weighted by molar-refractivity contribution is 6.42. The average molecular weight is 287 g/mol. The highest BCUT2D eigenvalue weighted by atomic mass is 35.5. The van der Waals surface area contributed by atoms with Gasteiger partial charge >= 0.3 is 0 Å². The molecule has 6 heteroatoms. The van der Waals surface area contributed by atoms with Crippen molar-refractivity contribution >= 4 is 35.1 Å². The zero-order chi connectivity index (χ0) is 13.3. The van der Waals surface area contributed by atoms with Crippen molar-refractivity contribution < 1.29 is 14.7 Å². The van der Waals surface area contributed by atoms with Crippen LogP contribution in [0.5, 0.6) is 0 Å². The fraction of sp³-hybridized carbons (Fsp3) is 0.333. The Morgan fingerprint density at radius 3 is 2.67 bits per heavy atom. The molecule has 1 aromatic carbocycles. The van der Waals surface area contributed by atoms with Crippen molar-refractivity contribution in [1.29, 1.82) is 0 Å². The number of carbonyl (C=O) groups is 2. The third-order valence-corrected chi connectivity index (χ3v) is 3.64. The molecular weight excluding hydrogens is 277 g/mol. The van der Waals surface area contributed by atoms with E-state index in [0.717, 1.165) is 5.56 Å². The quantitative estimate of drug-likeness (QED) is 0.836. The summed E-state index contributed by atoms with van der Waals surface area (Å²) in [6.45, 7) is 0.515. The summed E-state index contributed by atoms with van der Waals surface area (Å²) in [6.07, 6.45) is 0.00363. The van der Waals surface area contributed by atoms with E-state index in [2.05, 4.69) is 0 Å². The fourth-order valence-corrected chi connectivity index (χ4v) is 2.26. The van der Waals surface area contributed by atoms with Crippen LogP contribution in [0.4, 0.5) is 0 Å². The third-order valence-electron chi connectivity index (χ3n) is 2.91. The van der Waals surface area contributed by atoms with Gasteiger partial charge in [-0.3, -0.25) is 4.79 Å². The summed E-state index contributed by atoms with van der Waals surface area (Å²) in [7, 11) is 0. The molecular formula is C12H10Cl2NO3-. The molecule has 0 aliphatic carbocycles. The molecule has 1 heterocycles. The van der Waals surface area contributed by atoms with Crippen molar-refractivity contribution in [3.63, 3.8) is 0 Å². The van der Waals surface area contributed by atoms with Crippen LogP contribution in [0.2, 0.25) is 10.0 Å². The molecule has 1 amide bonds. The Morgan fingerprint density at radius 1 is 1.39 bits per heavy atom. The monoisotopic (exact) mass is 286 g/mol. The molecule has 96 valence electrons. The summed E-state index contributed by atoms with van der Waals surface area (Å²) < 4.78 is 0. The van der Waals surface area contributed by atoms with Gasteiger partial charge in [0, 0.05) is 31.4 Å². The minimum atomic E-state index is -1.18. The Morgan fingerprint density at radius 2 is 2.11 bits per heavy atom. The van der Waals surface area contributed by atoms with E-state index in [4.69, 9.17) is 23.2 Å². The average Bonchev–Trinajstić information content (AvgIpc) is 2.66. The van der Waals surface area contributed by atoms with Crippen LogP contribution >= 0.6 is 23.2 Å². The second kappa shape index (κ2) is 5.16. The number of hydrogen-bond acceptors (Lipinski definition) is 3. The van der Waals surface area contributed by atoms with Gasteiger partial charge in [0.05, 0.1) is 10.0 Å². The number of amides is 1. The zero-order valence-corrected chi connectivity index (χ0v) is 10.9. The van der Waals surface area contributed by atoms with Gasteiger partial charge in [0.25, 0.3) is 0 Å². The molecule has 1 atom stereocenters. The van der Waals surface area contributed by atoms with Gasteiger partial charge in [0.15, 0.2) is 0 Å². The highest BCUT2D eigenvalue weighted by Gasteiger charge is 2.30. The highest BCUT2D eigenvalue weighted by Crippen LogP contribution is 2.25. The molecule has 1 aromatic rings. The SMILES string of the molecule is O=C([O-])[C@H]1CC(=O)N(Cc2ccc(Cl)c(Cl)c2)C1. The molecule has 1 aliphatic rings. The van der Waals surface area contributed by atoms with E-state index in [-0.39, 0.29) is 18.9 Å². The summed E-state index contributed by atoms with van der Waals surface area (Å²) in [4.78, 5) is 23.8. The maximum atomic E-state index is 11.6. The molecule has 0 saturated carbocycles. The van der Waals surface area contributed by atoms with E-state index in [1.807, 2.05) is 0 Å². The second-order valence-electron chi connectivity index (χ2n) is 4.24. The maximum Gasteiger partial charge on any atom is 0.223 e. The summed E-state index contributed by atoms with van der Waals surface area (Å²) >= 11 is 11.7. The number of benzene rings is 1. The number of carboxylic acids is 1. The van der Waals surface area contributed by atoms with E-state index in [9.17, 15) is 14.7 Å². The predicted octanol–water partition coefficient (Wildman–Crippen LogP) is 1.09. The summed E-state index contributed by atoms with van der Waals surface area (Å²) in [5.74, 6) is -2.09. The van der Waals surface area contributed by atoms with Crippen LogP contribution in [0.1, 0.15) is 12.0 Å². The summed E-state index contributed by atoms with van der Waals surface area (Å²) in [5, 5.41) is 11.6. The van der Waals surface area contributed by atoms with Crippen LogP contribution in [0.15, 0.2) is 18.2 Å². The number of aliphatic carboxylic acids is 1. The maximum absolute atomic E-state index is 11.6. The molecule has 1 aliphatic heterocycles. The second-order valence-corrected chi connectivity index (χ2v) is 5.06. The van der Waals surface area contributed by atoms with Crippen LogP contribution in [-0.4, -0.2) is 23.3 Å². The van der Waals surface area contributed by atoms with Gasteiger partial charge in [0.1, 0.15) is 0 Å². The van der Waals surface area contributed by atoms with Gasteiger partial charge < -0.3 is 14.8 Å². The number of rotatable bonds is 3. The first-order chi connectivity index (χ1) is 8.47. The number of carboxylic acid groups (broad SMARTS) is 1. The Bertz CT molecular complexity index is 504. The normalized spacial score (nSPS) is 19.3. The van der Waals surface area contributed by atoms with Crippen molar-refractivity contribution in [2.75, 3.05) is 6.54 Å². The van der Waals surface area contributed by atoms with Crippen molar-refractivity contribution in [3.05, 3.63) is 33.8 Å². The first-order valence-electron chi connectivity index (χ1n) is 5.40. The molecule has 0 N–H and O–H groups in total. The largest absolute Gasteiger partial charge is 0.550 e. The van der Waals surface area contributed by atoms with E-state index in [1.54, 1.807) is 18.2 Å². The number of carbonyl (C=O) groups excluding carboxylic acids is 2. The number of hydrogen-bond donors (Lipinski definition) is 0. The number of nitrogens with zero attached hydrogens (tertiary/aromatic N) is 1. The lowest BCUT2D eigenvalue weighted by atomic mass is 10.1. The first kappa shape index (κ1) is 13.2. The molecule has 1 fully saturated rings. The smallest absolute Gasteiger partial charge is 0.223 e. The van der Waals surface area contributed by atoms with Gasteiger partial charge in [-0.05, 0) is 17.7 Å². The summed E-state index contributed by atoms with van der Waals surface area (Å²) in [6, 6.07) is 5.08. The Kier molecular flexibility index (Phi) is 3.78. The zero-order valence-electron chi connectivity index (χ0n) is 9.36. The predicted molar refractivity (Wildman–Crippen MR) is 65.0 cm³/mol. The summed E-state index contributed by atoms with van der Waals surface area (Å²) in [5.41, 5.74) is 0.816. The number of likely N-dealkylation sites (tertiary alicyclic amines) is 1. The van der Waals surface area contributed by atoms with Crippen LogP contribution in [-0.2, 0) is 16.1 Å². The first-order valence-corrected chi connectivity index (χ1v) is 6.15. The molecule has 0 bridgehead atoms. The Hall–Kier alpha value is -1.26.